The van der Waals surface area contributed by atoms with Crippen LogP contribution in [0.2, 0.25) is 0 Å². The van der Waals surface area contributed by atoms with E-state index in [-0.39, 0.29) is 11.8 Å². The van der Waals surface area contributed by atoms with E-state index in [0.29, 0.717) is 0 Å². The lowest BCUT2D eigenvalue weighted by atomic mass is 9.88. The van der Waals surface area contributed by atoms with E-state index < -0.39 is 0 Å². The van der Waals surface area contributed by atoms with Crippen LogP contribution < -0.4 is 0 Å². The minimum Gasteiger partial charge on any atom is -0.247 e. The molecule has 0 N–H and O–H groups in total. The van der Waals surface area contributed by atoms with E-state index in [9.17, 15) is 0 Å². The Morgan fingerprint density at radius 1 is 0.278 bits per heavy atom. The standard InChI is InChI=1S/C52H34N2/c1-3-15-33(16-4-1)49-39-21-9-7-19-37(39)45-31-35(27-29-41(45)49)51-43-23-11-13-25-47(43)54-52(44-24-12-14-26-48(44)53-51)36-28-30-42-46(32-36)38-20-8-10-22-40(38)50(42)34-17-5-2-6-18-34/h1-32,49-50H/b51-43?,52-44?,53-48?,53-51-,54-47?,54-52-. The van der Waals surface area contributed by atoms with Crippen LogP contribution >= 0.6 is 0 Å². The second kappa shape index (κ2) is 12.4. The van der Waals surface area contributed by atoms with Crippen molar-refractivity contribution in [3.63, 3.8) is 0 Å². The van der Waals surface area contributed by atoms with Crippen LogP contribution in [0, 0.1) is 0 Å². The summed E-state index contributed by atoms with van der Waals surface area (Å²) in [7, 11) is 0. The van der Waals surface area contributed by atoms with E-state index in [2.05, 4.69) is 194 Å². The van der Waals surface area contributed by atoms with Gasteiger partial charge in [-0.05, 0) is 79.9 Å². The molecule has 2 unspecified atom stereocenters. The third kappa shape index (κ3) is 4.81. The Kier molecular flexibility index (Phi) is 7.03. The quantitative estimate of drug-likeness (QED) is 0.176. The molecule has 1 aliphatic heterocycles. The predicted octanol–water partition coefficient (Wildman–Crippen LogP) is 12.7. The second-order valence-electron chi connectivity index (χ2n) is 14.4. The van der Waals surface area contributed by atoms with E-state index in [4.69, 9.17) is 9.98 Å². The Morgan fingerprint density at radius 3 is 1.07 bits per heavy atom. The summed E-state index contributed by atoms with van der Waals surface area (Å²) in [5.41, 5.74) is 21.0. The van der Waals surface area contributed by atoms with Gasteiger partial charge in [0.2, 0.25) is 0 Å². The molecule has 0 fully saturated rings. The van der Waals surface area contributed by atoms with Gasteiger partial charge >= 0.3 is 0 Å². The van der Waals surface area contributed by atoms with Gasteiger partial charge in [0.05, 0.1) is 22.8 Å². The van der Waals surface area contributed by atoms with Crippen molar-refractivity contribution < 1.29 is 0 Å². The van der Waals surface area contributed by atoms with Crippen LogP contribution in [-0.4, -0.2) is 11.4 Å². The van der Waals surface area contributed by atoms with Crippen molar-refractivity contribution >= 4 is 22.8 Å². The topological polar surface area (TPSA) is 24.7 Å². The molecule has 252 valence electrons. The molecule has 2 aliphatic carbocycles. The van der Waals surface area contributed by atoms with E-state index in [1.54, 1.807) is 0 Å². The molecule has 2 atom stereocenters. The number of rotatable bonds is 4. The van der Waals surface area contributed by atoms with Gasteiger partial charge in [-0.3, -0.25) is 0 Å². The summed E-state index contributed by atoms with van der Waals surface area (Å²) in [5.74, 6) is 0.404. The van der Waals surface area contributed by atoms with Crippen LogP contribution in [0.25, 0.3) is 22.3 Å². The summed E-state index contributed by atoms with van der Waals surface area (Å²) in [6.45, 7) is 0. The lowest BCUT2D eigenvalue weighted by molar-refractivity contribution is 1.01. The summed E-state index contributed by atoms with van der Waals surface area (Å²) < 4.78 is 0. The highest BCUT2D eigenvalue weighted by molar-refractivity contribution is 6.23. The van der Waals surface area contributed by atoms with Gasteiger partial charge in [-0.1, -0.05) is 170 Å². The highest BCUT2D eigenvalue weighted by Crippen LogP contribution is 2.50. The SMILES string of the molecule is c1ccc(C2c3ccccc3-c3cc(/C4=N/c5ccccc5/C(c5ccc6c(c5)-c5ccccc5C6c5ccccc5)=N\c5ccccc54)ccc32)cc1. The van der Waals surface area contributed by atoms with Crippen molar-refractivity contribution in [1.29, 1.82) is 0 Å². The largest absolute Gasteiger partial charge is 0.247 e. The highest BCUT2D eigenvalue weighted by atomic mass is 14.8. The first kappa shape index (κ1) is 30.7. The van der Waals surface area contributed by atoms with Crippen LogP contribution in [0.5, 0.6) is 0 Å². The number of benzene rings is 8. The van der Waals surface area contributed by atoms with Crippen LogP contribution in [0.4, 0.5) is 11.4 Å². The molecule has 2 heteroatoms. The number of fused-ring (bicyclic) bond motifs is 8. The van der Waals surface area contributed by atoms with Gasteiger partial charge in [0.15, 0.2) is 0 Å². The maximum absolute atomic E-state index is 5.54. The van der Waals surface area contributed by atoms with Gasteiger partial charge in [-0.15, -0.1) is 0 Å². The molecule has 1 heterocycles. The molecule has 8 aromatic carbocycles. The fourth-order valence-electron chi connectivity index (χ4n) is 9.05. The van der Waals surface area contributed by atoms with E-state index in [0.717, 1.165) is 45.1 Å². The first-order chi connectivity index (χ1) is 26.8. The smallest absolute Gasteiger partial charge is 0.0803 e. The summed E-state index contributed by atoms with van der Waals surface area (Å²) in [6.07, 6.45) is 0. The molecular formula is C52H34N2. The minimum absolute atomic E-state index is 0.202. The maximum Gasteiger partial charge on any atom is 0.0803 e. The molecule has 0 saturated heterocycles. The highest BCUT2D eigenvalue weighted by Gasteiger charge is 2.32. The van der Waals surface area contributed by atoms with Gasteiger partial charge in [0.1, 0.15) is 0 Å². The minimum atomic E-state index is 0.202. The maximum atomic E-state index is 5.54. The van der Waals surface area contributed by atoms with Crippen molar-refractivity contribution in [3.8, 4) is 22.3 Å². The lowest BCUT2D eigenvalue weighted by Crippen LogP contribution is -2.11. The van der Waals surface area contributed by atoms with Crippen LogP contribution in [0.3, 0.4) is 0 Å². The number of hydrogen-bond donors (Lipinski definition) is 0. The number of aliphatic imine (C=N–C) groups is 2. The predicted molar refractivity (Wildman–Crippen MR) is 222 cm³/mol. The van der Waals surface area contributed by atoms with Gasteiger partial charge in [0.25, 0.3) is 0 Å². The van der Waals surface area contributed by atoms with Gasteiger partial charge in [0, 0.05) is 34.1 Å². The average Bonchev–Trinajstić information content (AvgIpc) is 3.74. The molecule has 0 radical (unpaired) electrons. The third-order valence-corrected chi connectivity index (χ3v) is 11.4. The van der Waals surface area contributed by atoms with Crippen molar-refractivity contribution in [2.24, 2.45) is 9.98 Å². The lowest BCUT2D eigenvalue weighted by Gasteiger charge is -2.19. The van der Waals surface area contributed by atoms with Crippen molar-refractivity contribution in [1.82, 2.24) is 0 Å². The fraction of sp³-hybridized carbons (Fsp3) is 0.0385. The van der Waals surface area contributed by atoms with Crippen molar-refractivity contribution in [2.75, 3.05) is 0 Å². The molecule has 0 saturated carbocycles. The van der Waals surface area contributed by atoms with Gasteiger partial charge in [-0.25, -0.2) is 9.98 Å². The molecule has 54 heavy (non-hydrogen) atoms. The number of nitrogens with zero attached hydrogens (tertiary/aromatic N) is 2. The molecule has 2 nitrogen and oxygen atoms in total. The van der Waals surface area contributed by atoms with Gasteiger partial charge in [-0.2, -0.15) is 0 Å². The zero-order chi connectivity index (χ0) is 35.6. The summed E-state index contributed by atoms with van der Waals surface area (Å²) >= 11 is 0. The fourth-order valence-corrected chi connectivity index (χ4v) is 9.05. The van der Waals surface area contributed by atoms with Crippen molar-refractivity contribution in [2.45, 2.75) is 11.8 Å². The second-order valence-corrected chi connectivity index (χ2v) is 14.4. The van der Waals surface area contributed by atoms with Gasteiger partial charge < -0.3 is 0 Å². The summed E-state index contributed by atoms with van der Waals surface area (Å²) in [5, 5.41) is 0. The van der Waals surface area contributed by atoms with E-state index in [1.807, 2.05) is 0 Å². The zero-order valence-corrected chi connectivity index (χ0v) is 29.5. The molecule has 0 bridgehead atoms. The average molecular weight is 687 g/mol. The van der Waals surface area contributed by atoms with Crippen molar-refractivity contribution in [3.05, 3.63) is 250 Å². The number of hydrogen-bond acceptors (Lipinski definition) is 2. The molecular weight excluding hydrogens is 653 g/mol. The first-order valence-electron chi connectivity index (χ1n) is 18.7. The molecule has 0 aromatic heterocycles. The molecule has 0 spiro atoms. The molecule has 0 amide bonds. The van der Waals surface area contributed by atoms with Crippen LogP contribution in [0.1, 0.15) is 67.5 Å². The Hall–Kier alpha value is -6.90. The molecule has 3 aliphatic rings. The summed E-state index contributed by atoms with van der Waals surface area (Å²) in [6, 6.07) is 70.2. The Labute approximate surface area is 315 Å². The monoisotopic (exact) mass is 686 g/mol. The van der Waals surface area contributed by atoms with E-state index >= 15 is 0 Å². The Balaban J connectivity index is 1.06. The normalized spacial score (nSPS) is 17.9. The van der Waals surface area contributed by atoms with E-state index in [1.165, 1.54) is 55.6 Å². The molecule has 8 aromatic rings. The third-order valence-electron chi connectivity index (χ3n) is 11.4. The first-order valence-corrected chi connectivity index (χ1v) is 18.7. The van der Waals surface area contributed by atoms with Crippen LogP contribution in [-0.2, 0) is 0 Å². The zero-order valence-electron chi connectivity index (χ0n) is 29.5. The molecule has 11 rings (SSSR count). The number of para-hydroxylation sites is 2. The Bertz CT molecular complexity index is 2630. The summed E-state index contributed by atoms with van der Waals surface area (Å²) in [4.78, 5) is 11.1. The van der Waals surface area contributed by atoms with Crippen LogP contribution in [0.15, 0.2) is 204 Å². The Morgan fingerprint density at radius 2 is 0.630 bits per heavy atom.